The van der Waals surface area contributed by atoms with E-state index in [2.05, 4.69) is 41.2 Å². The summed E-state index contributed by atoms with van der Waals surface area (Å²) in [6, 6.07) is 10.5. The van der Waals surface area contributed by atoms with Gasteiger partial charge >= 0.3 is 0 Å². The van der Waals surface area contributed by atoms with E-state index in [1.165, 1.54) is 5.56 Å². The molecule has 3 rings (SSSR count). The van der Waals surface area contributed by atoms with Crippen molar-refractivity contribution in [3.05, 3.63) is 41.7 Å². The summed E-state index contributed by atoms with van der Waals surface area (Å²) in [5, 5.41) is 13.5. The average molecular weight is 272 g/mol. The van der Waals surface area contributed by atoms with Crippen molar-refractivity contribution in [3.8, 4) is 11.3 Å². The van der Waals surface area contributed by atoms with Crippen LogP contribution in [-0.4, -0.2) is 34.4 Å². The minimum Gasteiger partial charge on any atom is -0.395 e. The van der Waals surface area contributed by atoms with E-state index >= 15 is 0 Å². The van der Waals surface area contributed by atoms with Gasteiger partial charge in [-0.05, 0) is 26.3 Å². The number of benzene rings is 1. The normalized spacial score (nSPS) is 19.6. The molecule has 1 fully saturated rings. The molecule has 0 bridgehead atoms. The predicted octanol–water partition coefficient (Wildman–Crippen LogP) is 2.61. The Kier molecular flexibility index (Phi) is 3.85. The molecule has 0 spiro atoms. The number of likely N-dealkylation sites (tertiary alicyclic amines) is 1. The Balaban J connectivity index is 1.72. The molecule has 1 aromatic heterocycles. The summed E-state index contributed by atoms with van der Waals surface area (Å²) in [6.07, 6.45) is 2.21. The molecule has 2 aromatic rings. The molecule has 1 saturated heterocycles. The van der Waals surface area contributed by atoms with Gasteiger partial charge in [0.2, 0.25) is 0 Å². The Morgan fingerprint density at radius 1 is 1.35 bits per heavy atom. The van der Waals surface area contributed by atoms with Crippen molar-refractivity contribution in [3.63, 3.8) is 0 Å². The quantitative estimate of drug-likeness (QED) is 0.929. The van der Waals surface area contributed by atoms with Crippen LogP contribution in [0.2, 0.25) is 0 Å². The fraction of sp³-hybridized carbons (Fsp3) is 0.438. The minimum atomic E-state index is 0.221. The van der Waals surface area contributed by atoms with Gasteiger partial charge in [-0.3, -0.25) is 4.90 Å². The van der Waals surface area contributed by atoms with Gasteiger partial charge in [0.15, 0.2) is 5.76 Å². The summed E-state index contributed by atoms with van der Waals surface area (Å²) in [7, 11) is 0. The lowest BCUT2D eigenvalue weighted by molar-refractivity contribution is 0.143. The monoisotopic (exact) mass is 272 g/mol. The highest BCUT2D eigenvalue weighted by Crippen LogP contribution is 2.23. The van der Waals surface area contributed by atoms with E-state index in [9.17, 15) is 5.11 Å². The summed E-state index contributed by atoms with van der Waals surface area (Å²) < 4.78 is 5.43. The van der Waals surface area contributed by atoms with Crippen LogP contribution in [0.15, 0.2) is 34.9 Å². The summed E-state index contributed by atoms with van der Waals surface area (Å²) in [5.41, 5.74) is 3.19. The molecule has 0 radical (unpaired) electrons. The third kappa shape index (κ3) is 2.76. The van der Waals surface area contributed by atoms with Crippen molar-refractivity contribution < 1.29 is 9.63 Å². The zero-order valence-corrected chi connectivity index (χ0v) is 11.7. The molecular weight excluding hydrogens is 252 g/mol. The molecule has 1 N–H and O–H groups in total. The lowest BCUT2D eigenvalue weighted by Gasteiger charge is -2.20. The minimum absolute atomic E-state index is 0.221. The number of aliphatic hydroxyl groups excluding tert-OH is 1. The van der Waals surface area contributed by atoms with E-state index in [1.807, 2.05) is 6.07 Å². The Morgan fingerprint density at radius 3 is 2.90 bits per heavy atom. The van der Waals surface area contributed by atoms with Gasteiger partial charge in [-0.25, -0.2) is 0 Å². The fourth-order valence-electron chi connectivity index (χ4n) is 2.76. The molecule has 4 heteroatoms. The second-order valence-corrected chi connectivity index (χ2v) is 5.49. The molecule has 2 heterocycles. The molecule has 1 atom stereocenters. The van der Waals surface area contributed by atoms with Crippen LogP contribution in [0.5, 0.6) is 0 Å². The predicted molar refractivity (Wildman–Crippen MR) is 77.2 cm³/mol. The van der Waals surface area contributed by atoms with Crippen molar-refractivity contribution in [2.24, 2.45) is 0 Å². The van der Waals surface area contributed by atoms with Gasteiger partial charge in [-0.1, -0.05) is 35.0 Å². The van der Waals surface area contributed by atoms with Crippen LogP contribution >= 0.6 is 0 Å². The third-order valence-electron chi connectivity index (χ3n) is 3.98. The molecule has 0 aliphatic carbocycles. The van der Waals surface area contributed by atoms with Crippen molar-refractivity contribution in [2.75, 3.05) is 13.2 Å². The fourth-order valence-corrected chi connectivity index (χ4v) is 2.76. The van der Waals surface area contributed by atoms with Crippen LogP contribution in [0.3, 0.4) is 0 Å². The van der Waals surface area contributed by atoms with Gasteiger partial charge < -0.3 is 9.63 Å². The lowest BCUT2D eigenvalue weighted by Crippen LogP contribution is -2.31. The average Bonchev–Trinajstić information content (AvgIpc) is 3.09. The number of aromatic nitrogens is 1. The second-order valence-electron chi connectivity index (χ2n) is 5.49. The number of hydrogen-bond acceptors (Lipinski definition) is 4. The van der Waals surface area contributed by atoms with Gasteiger partial charge in [0.25, 0.3) is 0 Å². The van der Waals surface area contributed by atoms with Crippen LogP contribution in [-0.2, 0) is 6.54 Å². The van der Waals surface area contributed by atoms with Gasteiger partial charge in [-0.2, -0.15) is 0 Å². The second kappa shape index (κ2) is 5.77. The van der Waals surface area contributed by atoms with E-state index in [-0.39, 0.29) is 12.6 Å². The van der Waals surface area contributed by atoms with Crippen molar-refractivity contribution in [1.29, 1.82) is 0 Å². The highest BCUT2D eigenvalue weighted by molar-refractivity contribution is 5.59. The maximum absolute atomic E-state index is 9.34. The van der Waals surface area contributed by atoms with Gasteiger partial charge in [0.1, 0.15) is 5.69 Å². The molecule has 0 amide bonds. The molecule has 1 aromatic carbocycles. The molecule has 1 aliphatic rings. The summed E-state index contributed by atoms with van der Waals surface area (Å²) in [5.74, 6) is 0.862. The van der Waals surface area contributed by atoms with E-state index < -0.39 is 0 Å². The van der Waals surface area contributed by atoms with E-state index in [0.717, 1.165) is 42.9 Å². The van der Waals surface area contributed by atoms with Crippen LogP contribution in [0.25, 0.3) is 11.3 Å². The molecule has 0 unspecified atom stereocenters. The summed E-state index contributed by atoms with van der Waals surface area (Å²) >= 11 is 0. The highest BCUT2D eigenvalue weighted by Gasteiger charge is 2.24. The Morgan fingerprint density at radius 2 is 2.15 bits per heavy atom. The molecular formula is C16H20N2O2. The Hall–Kier alpha value is -1.65. The van der Waals surface area contributed by atoms with Crippen molar-refractivity contribution in [2.45, 2.75) is 32.4 Å². The maximum Gasteiger partial charge on any atom is 0.151 e. The first-order chi connectivity index (χ1) is 9.76. The number of aryl methyl sites for hydroxylation is 1. The first-order valence-corrected chi connectivity index (χ1v) is 7.14. The van der Waals surface area contributed by atoms with Gasteiger partial charge in [0.05, 0.1) is 13.2 Å². The number of rotatable bonds is 4. The summed E-state index contributed by atoms with van der Waals surface area (Å²) in [6.45, 7) is 4.04. The Labute approximate surface area is 119 Å². The smallest absolute Gasteiger partial charge is 0.151 e. The first kappa shape index (κ1) is 13.3. The Bertz CT molecular complexity index is 562. The van der Waals surface area contributed by atoms with Crippen LogP contribution in [0, 0.1) is 6.92 Å². The highest BCUT2D eigenvalue weighted by atomic mass is 16.5. The topological polar surface area (TPSA) is 49.5 Å². The van der Waals surface area contributed by atoms with Crippen molar-refractivity contribution >= 4 is 0 Å². The third-order valence-corrected chi connectivity index (χ3v) is 3.98. The molecule has 4 nitrogen and oxygen atoms in total. The van der Waals surface area contributed by atoms with Crippen LogP contribution in [0.1, 0.15) is 24.2 Å². The zero-order chi connectivity index (χ0) is 13.9. The van der Waals surface area contributed by atoms with Gasteiger partial charge in [0, 0.05) is 17.7 Å². The summed E-state index contributed by atoms with van der Waals surface area (Å²) in [4.78, 5) is 2.26. The number of nitrogens with zero attached hydrogens (tertiary/aromatic N) is 2. The largest absolute Gasteiger partial charge is 0.395 e. The molecule has 106 valence electrons. The number of hydrogen-bond donors (Lipinski definition) is 1. The zero-order valence-electron chi connectivity index (χ0n) is 11.7. The van der Waals surface area contributed by atoms with E-state index in [4.69, 9.17) is 4.52 Å². The molecule has 20 heavy (non-hydrogen) atoms. The van der Waals surface area contributed by atoms with Gasteiger partial charge in [-0.15, -0.1) is 0 Å². The maximum atomic E-state index is 9.34. The van der Waals surface area contributed by atoms with Crippen LogP contribution in [0.4, 0.5) is 0 Å². The van der Waals surface area contributed by atoms with E-state index in [0.29, 0.717) is 0 Å². The van der Waals surface area contributed by atoms with Crippen LogP contribution < -0.4 is 0 Å². The first-order valence-electron chi connectivity index (χ1n) is 7.14. The lowest BCUT2D eigenvalue weighted by atomic mass is 10.1. The SMILES string of the molecule is Cc1ccc(-c2cc(CN3CCC[C@@H]3CO)on2)cc1. The van der Waals surface area contributed by atoms with E-state index in [1.54, 1.807) is 0 Å². The molecule has 1 aliphatic heterocycles. The number of aliphatic hydroxyl groups is 1. The van der Waals surface area contributed by atoms with Crippen molar-refractivity contribution in [1.82, 2.24) is 10.1 Å². The molecule has 0 saturated carbocycles. The standard InChI is InChI=1S/C16H20N2O2/c1-12-4-6-13(7-5-12)16-9-15(20-17-16)10-18-8-2-3-14(18)11-19/h4-7,9,14,19H,2-3,8,10-11H2,1H3/t14-/m1/s1.